The van der Waals surface area contributed by atoms with Gasteiger partial charge in [-0.2, -0.15) is 0 Å². The van der Waals surface area contributed by atoms with Crippen molar-refractivity contribution in [2.24, 2.45) is 0 Å². The van der Waals surface area contributed by atoms with Crippen LogP contribution in [-0.4, -0.2) is 49.2 Å². The smallest absolute Gasteiger partial charge is 0.261 e. The Balaban J connectivity index is 1.43. The van der Waals surface area contributed by atoms with Crippen LogP contribution in [0.5, 0.6) is 0 Å². The minimum atomic E-state index is 0.132. The molecule has 5 heteroatoms. The van der Waals surface area contributed by atoms with Gasteiger partial charge in [-0.1, -0.05) is 19.3 Å². The number of aryl methyl sites for hydroxylation is 2. The summed E-state index contributed by atoms with van der Waals surface area (Å²) < 4.78 is 5.54. The number of carbonyl (C=O) groups excluding carboxylic acids is 1. The fraction of sp³-hybridized carbons (Fsp3) is 0.737. The van der Waals surface area contributed by atoms with Crippen molar-refractivity contribution in [1.82, 2.24) is 10.2 Å². The van der Waals surface area contributed by atoms with Crippen molar-refractivity contribution in [3.05, 3.63) is 21.4 Å². The number of ether oxygens (including phenoxy) is 1. The minimum Gasteiger partial charge on any atom is -0.379 e. The first-order chi connectivity index (χ1) is 11.8. The summed E-state index contributed by atoms with van der Waals surface area (Å²) in [6, 6.07) is 2.13. The first-order valence-electron chi connectivity index (χ1n) is 9.49. The number of rotatable bonds is 4. The molecule has 2 aliphatic carbocycles. The number of nitrogens with one attached hydrogen (secondary N) is 1. The molecular weight excluding hydrogens is 320 g/mol. The highest BCUT2D eigenvalue weighted by molar-refractivity contribution is 7.14. The number of hydrogen-bond acceptors (Lipinski definition) is 4. The molecule has 1 aromatic rings. The van der Waals surface area contributed by atoms with Crippen LogP contribution < -0.4 is 5.32 Å². The van der Waals surface area contributed by atoms with E-state index in [4.69, 9.17) is 4.74 Å². The van der Waals surface area contributed by atoms with Crippen LogP contribution in [0.1, 0.15) is 58.6 Å². The lowest BCUT2D eigenvalue weighted by atomic mass is 9.79. The van der Waals surface area contributed by atoms with Gasteiger partial charge in [0.25, 0.3) is 5.91 Å². The van der Waals surface area contributed by atoms with Crippen LogP contribution in [0.25, 0.3) is 0 Å². The molecule has 24 heavy (non-hydrogen) atoms. The summed E-state index contributed by atoms with van der Waals surface area (Å²) in [6.45, 7) is 4.45. The summed E-state index contributed by atoms with van der Waals surface area (Å²) in [7, 11) is 0. The summed E-state index contributed by atoms with van der Waals surface area (Å²) in [5.41, 5.74) is 1.56. The molecule has 0 spiro atoms. The summed E-state index contributed by atoms with van der Waals surface area (Å²) in [5.74, 6) is 0.132. The number of fused-ring (bicyclic) bond motifs is 1. The number of amides is 1. The Labute approximate surface area is 148 Å². The van der Waals surface area contributed by atoms with Gasteiger partial charge in [-0.05, 0) is 43.7 Å². The molecule has 4 rings (SSSR count). The van der Waals surface area contributed by atoms with Crippen LogP contribution in [-0.2, 0) is 17.6 Å². The molecule has 0 radical (unpaired) electrons. The van der Waals surface area contributed by atoms with E-state index in [-0.39, 0.29) is 11.4 Å². The first kappa shape index (κ1) is 16.6. The van der Waals surface area contributed by atoms with Crippen molar-refractivity contribution in [2.45, 2.75) is 56.9 Å². The molecule has 1 aromatic heterocycles. The molecule has 1 aliphatic heterocycles. The van der Waals surface area contributed by atoms with E-state index in [0.717, 1.165) is 50.6 Å². The Bertz CT molecular complexity index is 565. The lowest BCUT2D eigenvalue weighted by molar-refractivity contribution is -0.0361. The van der Waals surface area contributed by atoms with Gasteiger partial charge in [0.05, 0.1) is 18.1 Å². The van der Waals surface area contributed by atoms with E-state index in [1.54, 1.807) is 11.3 Å². The fourth-order valence-corrected chi connectivity index (χ4v) is 5.80. The van der Waals surface area contributed by atoms with Crippen LogP contribution in [0.15, 0.2) is 6.07 Å². The van der Waals surface area contributed by atoms with E-state index >= 15 is 0 Å². The standard InChI is InChI=1S/C19H28N2O2S/c22-18(17-13-15-5-4-6-16(15)24-17)20-14-19(7-2-1-3-8-19)21-9-11-23-12-10-21/h13H,1-12,14H2,(H,20,22). The second kappa shape index (κ2) is 7.14. The number of hydrogen-bond donors (Lipinski definition) is 1. The van der Waals surface area contributed by atoms with E-state index in [2.05, 4.69) is 16.3 Å². The van der Waals surface area contributed by atoms with Crippen molar-refractivity contribution in [3.63, 3.8) is 0 Å². The summed E-state index contributed by atoms with van der Waals surface area (Å²) >= 11 is 1.71. The van der Waals surface area contributed by atoms with Crippen molar-refractivity contribution in [3.8, 4) is 0 Å². The van der Waals surface area contributed by atoms with Gasteiger partial charge >= 0.3 is 0 Å². The van der Waals surface area contributed by atoms with Crippen LogP contribution in [0.2, 0.25) is 0 Å². The summed E-state index contributed by atoms with van der Waals surface area (Å²) in [6.07, 6.45) is 9.85. The summed E-state index contributed by atoms with van der Waals surface area (Å²) in [4.78, 5) is 17.6. The Morgan fingerprint density at radius 1 is 1.17 bits per heavy atom. The van der Waals surface area contributed by atoms with Crippen molar-refractivity contribution < 1.29 is 9.53 Å². The third kappa shape index (κ3) is 3.26. The van der Waals surface area contributed by atoms with E-state index < -0.39 is 0 Å². The van der Waals surface area contributed by atoms with Gasteiger partial charge in [0, 0.05) is 30.1 Å². The molecule has 2 fully saturated rings. The molecule has 2 heterocycles. The van der Waals surface area contributed by atoms with Gasteiger partial charge in [0.15, 0.2) is 0 Å². The maximum Gasteiger partial charge on any atom is 0.261 e. The lowest BCUT2D eigenvalue weighted by Gasteiger charge is -2.48. The molecule has 1 saturated carbocycles. The number of morpholine rings is 1. The van der Waals surface area contributed by atoms with E-state index in [1.807, 2.05) is 0 Å². The SMILES string of the molecule is O=C(NCC1(N2CCOCC2)CCCCC1)c1cc2c(s1)CCC2. The molecule has 0 bridgehead atoms. The molecular formula is C19H28N2O2S. The van der Waals surface area contributed by atoms with Crippen LogP contribution in [0.4, 0.5) is 0 Å². The van der Waals surface area contributed by atoms with Crippen molar-refractivity contribution in [1.29, 1.82) is 0 Å². The Morgan fingerprint density at radius 3 is 2.71 bits per heavy atom. The predicted octanol–water partition coefficient (Wildman–Crippen LogP) is 3.00. The zero-order valence-corrected chi connectivity index (χ0v) is 15.3. The highest BCUT2D eigenvalue weighted by Crippen LogP contribution is 2.34. The van der Waals surface area contributed by atoms with Crippen molar-refractivity contribution >= 4 is 17.2 Å². The first-order valence-corrected chi connectivity index (χ1v) is 10.3. The van der Waals surface area contributed by atoms with Crippen LogP contribution in [0.3, 0.4) is 0 Å². The van der Waals surface area contributed by atoms with Gasteiger partial charge in [-0.25, -0.2) is 0 Å². The highest BCUT2D eigenvalue weighted by atomic mass is 32.1. The van der Waals surface area contributed by atoms with E-state index in [0.29, 0.717) is 0 Å². The topological polar surface area (TPSA) is 41.6 Å². The van der Waals surface area contributed by atoms with Gasteiger partial charge in [-0.15, -0.1) is 11.3 Å². The van der Waals surface area contributed by atoms with Crippen LogP contribution >= 0.6 is 11.3 Å². The molecule has 132 valence electrons. The van der Waals surface area contributed by atoms with Gasteiger partial charge < -0.3 is 10.1 Å². The molecule has 4 nitrogen and oxygen atoms in total. The lowest BCUT2D eigenvalue weighted by Crippen LogP contribution is -2.59. The Kier molecular flexibility index (Phi) is 4.93. The molecule has 0 aromatic carbocycles. The van der Waals surface area contributed by atoms with Gasteiger partial charge in [0.2, 0.25) is 0 Å². The molecule has 0 unspecified atom stereocenters. The van der Waals surface area contributed by atoms with Gasteiger partial charge in [-0.3, -0.25) is 9.69 Å². The molecule has 3 aliphatic rings. The predicted molar refractivity (Wildman–Crippen MR) is 96.9 cm³/mol. The minimum absolute atomic E-state index is 0.132. The second-order valence-electron chi connectivity index (χ2n) is 7.48. The average molecular weight is 349 g/mol. The maximum absolute atomic E-state index is 12.7. The van der Waals surface area contributed by atoms with Crippen LogP contribution in [0, 0.1) is 0 Å². The Morgan fingerprint density at radius 2 is 1.96 bits per heavy atom. The second-order valence-corrected chi connectivity index (χ2v) is 8.62. The largest absolute Gasteiger partial charge is 0.379 e. The molecule has 1 amide bonds. The summed E-state index contributed by atoms with van der Waals surface area (Å²) in [5, 5.41) is 3.28. The van der Waals surface area contributed by atoms with E-state index in [1.165, 1.54) is 49.0 Å². The normalized spacial score (nSPS) is 23.8. The fourth-order valence-electron chi connectivity index (χ4n) is 4.63. The van der Waals surface area contributed by atoms with E-state index in [9.17, 15) is 4.79 Å². The molecule has 1 saturated heterocycles. The third-order valence-corrected chi connectivity index (χ3v) is 7.25. The quantitative estimate of drug-likeness (QED) is 0.909. The van der Waals surface area contributed by atoms with Gasteiger partial charge in [0.1, 0.15) is 0 Å². The third-order valence-electron chi connectivity index (χ3n) is 6.01. The zero-order valence-electron chi connectivity index (χ0n) is 14.4. The highest BCUT2D eigenvalue weighted by Gasteiger charge is 2.39. The molecule has 0 atom stereocenters. The number of carbonyl (C=O) groups is 1. The maximum atomic E-state index is 12.7. The zero-order chi connectivity index (χ0) is 16.4. The average Bonchev–Trinajstić information content (AvgIpc) is 3.23. The van der Waals surface area contributed by atoms with Crippen molar-refractivity contribution in [2.75, 3.05) is 32.8 Å². The Hall–Kier alpha value is -0.910. The molecule has 1 N–H and O–H groups in total. The number of thiophene rings is 1. The monoisotopic (exact) mass is 348 g/mol. The number of nitrogens with zero attached hydrogens (tertiary/aromatic N) is 1.